The number of hydrogen-bond donors (Lipinski definition) is 3. The zero-order chi connectivity index (χ0) is 12.4. The summed E-state index contributed by atoms with van der Waals surface area (Å²) in [5, 5.41) is 9.20. The third-order valence-electron chi connectivity index (χ3n) is 2.31. The lowest BCUT2D eigenvalue weighted by molar-refractivity contribution is 0.586. The molecule has 1 aromatic carbocycles. The van der Waals surface area contributed by atoms with E-state index >= 15 is 0 Å². The Hall–Kier alpha value is -2.18. The summed E-state index contributed by atoms with van der Waals surface area (Å²) in [5.41, 5.74) is 5.56. The first-order valence-corrected chi connectivity index (χ1v) is 4.94. The maximum atomic E-state index is 13.2. The fourth-order valence-corrected chi connectivity index (χ4v) is 1.43. The first-order chi connectivity index (χ1) is 8.08. The number of nitrogen functional groups attached to an aromatic ring is 1. The van der Waals surface area contributed by atoms with Gasteiger partial charge in [0.15, 0.2) is 5.82 Å². The van der Waals surface area contributed by atoms with Gasteiger partial charge < -0.3 is 11.1 Å². The van der Waals surface area contributed by atoms with Crippen LogP contribution in [0.3, 0.4) is 0 Å². The summed E-state index contributed by atoms with van der Waals surface area (Å²) in [7, 11) is 0. The Morgan fingerprint density at radius 1 is 1.41 bits per heavy atom. The van der Waals surface area contributed by atoms with E-state index in [1.807, 2.05) is 0 Å². The van der Waals surface area contributed by atoms with Crippen LogP contribution in [0.1, 0.15) is 18.8 Å². The third kappa shape index (κ3) is 2.32. The van der Waals surface area contributed by atoms with Gasteiger partial charge in [0.05, 0.1) is 17.4 Å². The second-order valence-corrected chi connectivity index (χ2v) is 3.59. The smallest absolute Gasteiger partial charge is 0.151 e. The van der Waals surface area contributed by atoms with Gasteiger partial charge in [-0.1, -0.05) is 0 Å². The SMILES string of the molecule is CC(Nc1cc(F)cc(F)c1N)c1ncn[nH]1. The standard InChI is InChI=1S/C10H11F2N5/c1-5(10-14-4-15-17-10)16-8-3-6(11)2-7(12)9(8)13/h2-5,16H,13H2,1H3,(H,14,15,17). The highest BCUT2D eigenvalue weighted by molar-refractivity contribution is 5.67. The van der Waals surface area contributed by atoms with Crippen LogP contribution in [0.5, 0.6) is 0 Å². The average Bonchev–Trinajstić information content (AvgIpc) is 2.78. The molecular weight excluding hydrogens is 228 g/mol. The number of benzene rings is 1. The van der Waals surface area contributed by atoms with Crippen molar-refractivity contribution in [2.45, 2.75) is 13.0 Å². The molecular formula is C10H11F2N5. The summed E-state index contributed by atoms with van der Waals surface area (Å²) in [6, 6.07) is 1.58. The molecule has 2 rings (SSSR count). The molecule has 0 bridgehead atoms. The Kier molecular flexibility index (Phi) is 2.90. The minimum absolute atomic E-state index is 0.127. The van der Waals surface area contributed by atoms with E-state index in [1.54, 1.807) is 6.92 Å². The lowest BCUT2D eigenvalue weighted by atomic mass is 10.2. The molecule has 1 heterocycles. The molecule has 0 aliphatic rings. The lowest BCUT2D eigenvalue weighted by Crippen LogP contribution is -2.11. The Morgan fingerprint density at radius 3 is 2.82 bits per heavy atom. The molecule has 0 aliphatic heterocycles. The topological polar surface area (TPSA) is 79.6 Å². The van der Waals surface area contributed by atoms with E-state index in [9.17, 15) is 8.78 Å². The highest BCUT2D eigenvalue weighted by atomic mass is 19.1. The molecule has 0 aliphatic carbocycles. The molecule has 0 saturated carbocycles. The summed E-state index contributed by atoms with van der Waals surface area (Å²) >= 11 is 0. The number of aromatic amines is 1. The summed E-state index contributed by atoms with van der Waals surface area (Å²) in [6.07, 6.45) is 1.35. The molecule has 2 aromatic rings. The van der Waals surface area contributed by atoms with Crippen LogP contribution in [-0.2, 0) is 0 Å². The number of nitrogens with two attached hydrogens (primary N) is 1. The average molecular weight is 239 g/mol. The van der Waals surface area contributed by atoms with E-state index in [4.69, 9.17) is 5.73 Å². The van der Waals surface area contributed by atoms with Crippen LogP contribution in [0, 0.1) is 11.6 Å². The van der Waals surface area contributed by atoms with Crippen molar-refractivity contribution in [2.75, 3.05) is 11.1 Å². The number of aromatic nitrogens is 3. The number of halogens is 2. The van der Waals surface area contributed by atoms with Crippen molar-refractivity contribution in [3.05, 3.63) is 35.9 Å². The minimum Gasteiger partial charge on any atom is -0.395 e. The van der Waals surface area contributed by atoms with Crippen LogP contribution in [0.4, 0.5) is 20.2 Å². The van der Waals surface area contributed by atoms with Crippen molar-refractivity contribution in [3.8, 4) is 0 Å². The molecule has 0 fully saturated rings. The molecule has 1 unspecified atom stereocenters. The number of nitrogens with zero attached hydrogens (tertiary/aromatic N) is 2. The molecule has 5 nitrogen and oxygen atoms in total. The summed E-state index contributed by atoms with van der Waals surface area (Å²) < 4.78 is 26.2. The molecule has 1 atom stereocenters. The molecule has 4 N–H and O–H groups in total. The monoisotopic (exact) mass is 239 g/mol. The quantitative estimate of drug-likeness (QED) is 0.714. The normalized spacial score (nSPS) is 12.4. The van der Waals surface area contributed by atoms with Crippen LogP contribution in [0.25, 0.3) is 0 Å². The predicted octanol–water partition coefficient (Wildman–Crippen LogP) is 1.84. The molecule has 90 valence electrons. The molecule has 17 heavy (non-hydrogen) atoms. The first kappa shape index (κ1) is 11.3. The van der Waals surface area contributed by atoms with Crippen LogP contribution >= 0.6 is 0 Å². The zero-order valence-electron chi connectivity index (χ0n) is 9.04. The second-order valence-electron chi connectivity index (χ2n) is 3.59. The summed E-state index contributed by atoms with van der Waals surface area (Å²) in [5.74, 6) is -0.935. The van der Waals surface area contributed by atoms with Gasteiger partial charge >= 0.3 is 0 Å². The highest BCUT2D eigenvalue weighted by Crippen LogP contribution is 2.26. The molecule has 7 heteroatoms. The molecule has 0 saturated heterocycles. The summed E-state index contributed by atoms with van der Waals surface area (Å²) in [6.45, 7) is 1.77. The van der Waals surface area contributed by atoms with Gasteiger partial charge in [-0.15, -0.1) is 0 Å². The highest BCUT2D eigenvalue weighted by Gasteiger charge is 2.13. The van der Waals surface area contributed by atoms with E-state index in [2.05, 4.69) is 20.5 Å². The predicted molar refractivity (Wildman–Crippen MR) is 59.2 cm³/mol. The third-order valence-corrected chi connectivity index (χ3v) is 2.31. The number of hydrogen-bond acceptors (Lipinski definition) is 4. The van der Waals surface area contributed by atoms with Crippen molar-refractivity contribution in [3.63, 3.8) is 0 Å². The van der Waals surface area contributed by atoms with Crippen molar-refractivity contribution >= 4 is 11.4 Å². The Morgan fingerprint density at radius 2 is 2.18 bits per heavy atom. The largest absolute Gasteiger partial charge is 0.395 e. The fraction of sp³-hybridized carbons (Fsp3) is 0.200. The van der Waals surface area contributed by atoms with Gasteiger partial charge in [-0.05, 0) is 13.0 Å². The van der Waals surface area contributed by atoms with E-state index in [-0.39, 0.29) is 17.4 Å². The maximum Gasteiger partial charge on any atom is 0.151 e. The Balaban J connectivity index is 2.24. The molecule has 0 radical (unpaired) electrons. The fourth-order valence-electron chi connectivity index (χ4n) is 1.43. The van der Waals surface area contributed by atoms with Gasteiger partial charge in [-0.25, -0.2) is 13.8 Å². The minimum atomic E-state index is -0.794. The van der Waals surface area contributed by atoms with E-state index < -0.39 is 11.6 Å². The van der Waals surface area contributed by atoms with Crippen LogP contribution in [-0.4, -0.2) is 15.2 Å². The molecule has 1 aromatic heterocycles. The van der Waals surface area contributed by atoms with Crippen molar-refractivity contribution in [1.82, 2.24) is 15.2 Å². The van der Waals surface area contributed by atoms with Gasteiger partial charge in [0.1, 0.15) is 18.0 Å². The van der Waals surface area contributed by atoms with Gasteiger partial charge in [0.2, 0.25) is 0 Å². The van der Waals surface area contributed by atoms with Gasteiger partial charge in [-0.3, -0.25) is 5.10 Å². The van der Waals surface area contributed by atoms with Crippen molar-refractivity contribution in [1.29, 1.82) is 0 Å². The molecule has 0 amide bonds. The van der Waals surface area contributed by atoms with E-state index in [0.29, 0.717) is 5.82 Å². The van der Waals surface area contributed by atoms with Crippen LogP contribution in [0.15, 0.2) is 18.5 Å². The van der Waals surface area contributed by atoms with E-state index in [0.717, 1.165) is 12.1 Å². The lowest BCUT2D eigenvalue weighted by Gasteiger charge is -2.14. The number of anilines is 2. The van der Waals surface area contributed by atoms with Gasteiger partial charge in [0.25, 0.3) is 0 Å². The number of rotatable bonds is 3. The molecule has 0 spiro atoms. The summed E-state index contributed by atoms with van der Waals surface area (Å²) in [4.78, 5) is 3.93. The first-order valence-electron chi connectivity index (χ1n) is 4.94. The second kappa shape index (κ2) is 4.36. The van der Waals surface area contributed by atoms with Crippen LogP contribution in [0.2, 0.25) is 0 Å². The maximum absolute atomic E-state index is 13.2. The van der Waals surface area contributed by atoms with Crippen molar-refractivity contribution in [2.24, 2.45) is 0 Å². The Bertz CT molecular complexity index is 512. The van der Waals surface area contributed by atoms with Gasteiger partial charge in [-0.2, -0.15) is 5.10 Å². The Labute approximate surface area is 96.1 Å². The van der Waals surface area contributed by atoms with E-state index in [1.165, 1.54) is 6.33 Å². The number of nitrogens with one attached hydrogen (secondary N) is 2. The van der Waals surface area contributed by atoms with Crippen molar-refractivity contribution < 1.29 is 8.78 Å². The number of H-pyrrole nitrogens is 1. The van der Waals surface area contributed by atoms with Crippen LogP contribution < -0.4 is 11.1 Å². The zero-order valence-corrected chi connectivity index (χ0v) is 9.04. The van der Waals surface area contributed by atoms with Gasteiger partial charge in [0, 0.05) is 6.07 Å².